The molecule has 18 heteroatoms. The van der Waals surface area contributed by atoms with E-state index in [0.29, 0.717) is 48.8 Å². The van der Waals surface area contributed by atoms with Crippen molar-refractivity contribution in [2.24, 2.45) is 0 Å². The van der Waals surface area contributed by atoms with Crippen molar-refractivity contribution in [2.75, 3.05) is 54.3 Å². The second kappa shape index (κ2) is 20.6. The Labute approximate surface area is 384 Å². The number of carbonyl (C=O) groups excluding carboxylic acids is 2. The van der Waals surface area contributed by atoms with Crippen molar-refractivity contribution in [1.29, 1.82) is 0 Å². The quantitative estimate of drug-likeness (QED) is 0.0476. The van der Waals surface area contributed by atoms with Gasteiger partial charge in [0, 0.05) is 47.5 Å². The molecule has 2 aromatic carbocycles. The Morgan fingerprint density at radius 2 is 1.18 bits per heavy atom. The Kier molecular flexibility index (Phi) is 16.6. The number of nitrogens with zero attached hydrogens (tertiary/aromatic N) is 2. The molecule has 0 unspecified atom stereocenters. The molecule has 0 bridgehead atoms. The van der Waals surface area contributed by atoms with E-state index in [1.165, 1.54) is 14.2 Å². The topological polar surface area (TPSA) is 210 Å². The summed E-state index contributed by atoms with van der Waals surface area (Å²) >= 11 is 0. The van der Waals surface area contributed by atoms with Crippen molar-refractivity contribution in [3.8, 4) is 11.5 Å². The minimum Gasteiger partial charge on any atom is -0.495 e. The molecule has 2 aliphatic rings. The van der Waals surface area contributed by atoms with Gasteiger partial charge in [0.15, 0.2) is 5.71 Å². The number of anilines is 3. The number of rotatable bonds is 18. The number of methoxy groups -OCH3 is 2. The summed E-state index contributed by atoms with van der Waals surface area (Å²) in [4.78, 5) is 27.7. The van der Waals surface area contributed by atoms with Crippen LogP contribution in [-0.4, -0.2) is 98.4 Å². The third kappa shape index (κ3) is 14.4. The fourth-order valence-corrected chi connectivity index (χ4v) is 8.97. The van der Waals surface area contributed by atoms with E-state index in [1.54, 1.807) is 41.5 Å². The standard InChI is InChI=1S/C47H66N4O12S2/c1-44(2,3)62-42(52)48-34-30-36-32(28-38(34)60-11)46(7,8)40(50(36)24-18-20-26-64(54,55)56)22-16-14-13-15-17-23-41-47(9,10)33-29-39(61-12)35(49-43(53)63-45(4,5)6)31-37(33)51(41)25-19-21-27-65(57,58)59/h13-17,22-23,28-31H,18-21,24-27H2,1-12H3,(H3-,48,49,52,53,54,55,56,57,58,59)/p+1. The number of fused-ring (bicyclic) bond motifs is 2. The maximum atomic E-state index is 12.8. The molecule has 4 N–H and O–H groups in total. The van der Waals surface area contributed by atoms with Crippen LogP contribution >= 0.6 is 0 Å². The van der Waals surface area contributed by atoms with Crippen molar-refractivity contribution in [1.82, 2.24) is 0 Å². The monoisotopic (exact) mass is 943 g/mol. The normalized spacial score (nSPS) is 16.7. The maximum absolute atomic E-state index is 12.8. The molecule has 0 aliphatic carbocycles. The fraction of sp³-hybridized carbons (Fsp3) is 0.511. The molecule has 16 nitrogen and oxygen atoms in total. The van der Waals surface area contributed by atoms with Crippen LogP contribution in [0.25, 0.3) is 0 Å². The van der Waals surface area contributed by atoms with E-state index in [-0.39, 0.29) is 24.3 Å². The first kappa shape index (κ1) is 52.5. The summed E-state index contributed by atoms with van der Waals surface area (Å²) in [5.41, 5.74) is 3.58. The van der Waals surface area contributed by atoms with Gasteiger partial charge in [-0.05, 0) is 104 Å². The Morgan fingerprint density at radius 3 is 1.71 bits per heavy atom. The molecule has 358 valence electrons. The molecule has 0 radical (unpaired) electrons. The van der Waals surface area contributed by atoms with Gasteiger partial charge >= 0.3 is 12.2 Å². The molecule has 0 saturated heterocycles. The summed E-state index contributed by atoms with van der Waals surface area (Å²) in [5.74, 6) is 0.162. The summed E-state index contributed by atoms with van der Waals surface area (Å²) < 4.78 is 89.3. The lowest BCUT2D eigenvalue weighted by Crippen LogP contribution is -2.28. The van der Waals surface area contributed by atoms with Gasteiger partial charge in [-0.1, -0.05) is 44.2 Å². The molecule has 2 aromatic rings. The molecular weight excluding hydrogens is 877 g/mol. The third-order valence-electron chi connectivity index (χ3n) is 10.7. The van der Waals surface area contributed by atoms with Crippen LogP contribution in [0.5, 0.6) is 11.5 Å². The zero-order valence-electron chi connectivity index (χ0n) is 39.7. The predicted molar refractivity (Wildman–Crippen MR) is 256 cm³/mol. The summed E-state index contributed by atoms with van der Waals surface area (Å²) in [7, 11) is -5.22. The predicted octanol–water partition coefficient (Wildman–Crippen LogP) is 9.46. The van der Waals surface area contributed by atoms with E-state index in [4.69, 9.17) is 18.9 Å². The van der Waals surface area contributed by atoms with Crippen LogP contribution in [0, 0.1) is 0 Å². The summed E-state index contributed by atoms with van der Waals surface area (Å²) in [5, 5.41) is 5.61. The van der Waals surface area contributed by atoms with Crippen molar-refractivity contribution in [3.05, 3.63) is 83.6 Å². The molecule has 0 saturated carbocycles. The molecule has 0 fully saturated rings. The number of hydrogen-bond donors (Lipinski definition) is 4. The molecule has 4 rings (SSSR count). The number of carbonyl (C=O) groups is 2. The van der Waals surface area contributed by atoms with Crippen LogP contribution in [0.15, 0.2) is 72.5 Å². The number of benzene rings is 2. The van der Waals surface area contributed by atoms with Gasteiger partial charge in [-0.15, -0.1) is 0 Å². The lowest BCUT2D eigenvalue weighted by Gasteiger charge is -2.27. The molecule has 65 heavy (non-hydrogen) atoms. The third-order valence-corrected chi connectivity index (χ3v) is 12.3. The minimum absolute atomic E-state index is 0.239. The lowest BCUT2D eigenvalue weighted by atomic mass is 9.81. The molecular formula is C47H67N4O12S2+. The number of unbranched alkanes of at least 4 members (excludes halogenated alkanes) is 2. The Bertz CT molecular complexity index is 2490. The summed E-state index contributed by atoms with van der Waals surface area (Å²) in [6.45, 7) is 19.8. The summed E-state index contributed by atoms with van der Waals surface area (Å²) in [6, 6.07) is 7.42. The van der Waals surface area contributed by atoms with E-state index < -0.39 is 54.5 Å². The van der Waals surface area contributed by atoms with Gasteiger partial charge in [0.25, 0.3) is 20.2 Å². The van der Waals surface area contributed by atoms with Crippen molar-refractivity contribution < 1.29 is 59.1 Å². The average molecular weight is 944 g/mol. The number of allylic oxidation sites excluding steroid dienone is 8. The number of ether oxygens (including phenoxy) is 4. The first-order chi connectivity index (χ1) is 30.0. The number of amides is 2. The highest BCUT2D eigenvalue weighted by Gasteiger charge is 2.45. The molecule has 0 atom stereocenters. The van der Waals surface area contributed by atoms with Crippen LogP contribution in [0.3, 0.4) is 0 Å². The van der Waals surface area contributed by atoms with Gasteiger partial charge in [0.1, 0.15) is 29.2 Å². The fourth-order valence-electron chi connectivity index (χ4n) is 7.83. The van der Waals surface area contributed by atoms with Crippen LogP contribution in [-0.2, 0) is 40.5 Å². The molecule has 0 aromatic heterocycles. The second-order valence-corrected chi connectivity index (χ2v) is 22.1. The molecule has 0 spiro atoms. The smallest absolute Gasteiger partial charge is 0.412 e. The Morgan fingerprint density at radius 1 is 0.692 bits per heavy atom. The second-order valence-electron chi connectivity index (χ2n) is 19.0. The first-order valence-electron chi connectivity index (χ1n) is 21.5. The lowest BCUT2D eigenvalue weighted by molar-refractivity contribution is -0.438. The van der Waals surface area contributed by atoms with E-state index >= 15 is 0 Å². The minimum atomic E-state index is -4.13. The van der Waals surface area contributed by atoms with Gasteiger partial charge in [0.05, 0.1) is 42.5 Å². The summed E-state index contributed by atoms with van der Waals surface area (Å²) in [6.07, 6.45) is 13.5. The van der Waals surface area contributed by atoms with Gasteiger partial charge in [-0.2, -0.15) is 21.4 Å². The van der Waals surface area contributed by atoms with E-state index in [0.717, 1.165) is 33.9 Å². The first-order valence-corrected chi connectivity index (χ1v) is 24.7. The van der Waals surface area contributed by atoms with Crippen LogP contribution in [0.4, 0.5) is 32.3 Å². The van der Waals surface area contributed by atoms with Gasteiger partial charge in [0.2, 0.25) is 5.69 Å². The van der Waals surface area contributed by atoms with E-state index in [1.807, 2.05) is 66.8 Å². The van der Waals surface area contributed by atoms with Crippen molar-refractivity contribution >= 4 is 60.9 Å². The van der Waals surface area contributed by atoms with E-state index in [9.17, 15) is 35.5 Å². The Balaban J connectivity index is 1.68. The largest absolute Gasteiger partial charge is 0.495 e. The van der Waals surface area contributed by atoms with Gasteiger partial charge in [-0.3, -0.25) is 19.7 Å². The Hall–Kier alpha value is -5.17. The van der Waals surface area contributed by atoms with E-state index in [2.05, 4.69) is 47.8 Å². The maximum Gasteiger partial charge on any atom is 0.412 e. The highest BCUT2D eigenvalue weighted by molar-refractivity contribution is 7.86. The number of nitrogens with one attached hydrogen (secondary N) is 2. The van der Waals surface area contributed by atoms with Crippen molar-refractivity contribution in [2.45, 2.75) is 117 Å². The van der Waals surface area contributed by atoms with Crippen LogP contribution < -0.4 is 25.0 Å². The highest BCUT2D eigenvalue weighted by atomic mass is 32.2. The highest BCUT2D eigenvalue weighted by Crippen LogP contribution is 2.51. The SMILES string of the molecule is COc1cc2c(cc1NC(=O)OC(C)(C)C)N(CCCCS(=O)(=O)O)C(=CC=CC=CC=CC1=[N+](CCCCS(=O)(=O)O)c3cc(NC(=O)OC(C)(C)C)c(OC)cc3C1(C)C)C2(C)C. The van der Waals surface area contributed by atoms with Crippen LogP contribution in [0.2, 0.25) is 0 Å². The molecule has 2 aliphatic heterocycles. The average Bonchev–Trinajstić information content (AvgIpc) is 3.48. The van der Waals surface area contributed by atoms with Gasteiger partial charge < -0.3 is 23.8 Å². The van der Waals surface area contributed by atoms with Crippen LogP contribution in [0.1, 0.15) is 106 Å². The molecule has 2 amide bonds. The van der Waals surface area contributed by atoms with Gasteiger partial charge in [-0.25, -0.2) is 9.59 Å². The van der Waals surface area contributed by atoms with Crippen molar-refractivity contribution in [3.63, 3.8) is 0 Å². The number of hydrogen-bond acceptors (Lipinski definition) is 11. The zero-order valence-corrected chi connectivity index (χ0v) is 41.3. The zero-order chi connectivity index (χ0) is 48.8. The molecule has 2 heterocycles.